The first kappa shape index (κ1) is 19.3. The van der Waals surface area contributed by atoms with E-state index < -0.39 is 10.0 Å². The third-order valence-electron chi connectivity index (χ3n) is 3.89. The standard InChI is InChI=1S/C17H26N2O3S2/c1-14(2)23-13-17(20)18-15-7-9-16(10-8-15)24(21,22)19-11-5-3-4-6-12-19/h7-10,14H,3-6,11-13H2,1-2H3,(H,18,20). The Labute approximate surface area is 149 Å². The van der Waals surface area contributed by atoms with Crippen molar-refractivity contribution in [3.63, 3.8) is 0 Å². The summed E-state index contributed by atoms with van der Waals surface area (Å²) < 4.78 is 26.9. The van der Waals surface area contributed by atoms with Crippen LogP contribution in [-0.4, -0.2) is 42.7 Å². The van der Waals surface area contributed by atoms with Crippen LogP contribution in [0.4, 0.5) is 5.69 Å². The van der Waals surface area contributed by atoms with Gasteiger partial charge in [0.15, 0.2) is 0 Å². The lowest BCUT2D eigenvalue weighted by atomic mass is 10.2. The maximum absolute atomic E-state index is 12.7. The number of anilines is 1. The van der Waals surface area contributed by atoms with Gasteiger partial charge in [0.05, 0.1) is 10.6 Å². The summed E-state index contributed by atoms with van der Waals surface area (Å²) in [5.41, 5.74) is 0.624. The average Bonchev–Trinajstić information content (AvgIpc) is 2.83. The molecule has 1 heterocycles. The van der Waals surface area contributed by atoms with Crippen molar-refractivity contribution in [3.05, 3.63) is 24.3 Å². The van der Waals surface area contributed by atoms with Crippen molar-refractivity contribution in [2.24, 2.45) is 0 Å². The Morgan fingerprint density at radius 1 is 1.12 bits per heavy atom. The highest BCUT2D eigenvalue weighted by molar-refractivity contribution is 8.00. The third-order valence-corrected chi connectivity index (χ3v) is 6.90. The molecule has 0 aliphatic carbocycles. The SMILES string of the molecule is CC(C)SCC(=O)Nc1ccc(S(=O)(=O)N2CCCCCC2)cc1. The molecular formula is C17H26N2O3S2. The van der Waals surface area contributed by atoms with E-state index in [1.807, 2.05) is 13.8 Å². The molecule has 1 N–H and O–H groups in total. The Morgan fingerprint density at radius 3 is 2.25 bits per heavy atom. The van der Waals surface area contributed by atoms with Crippen molar-refractivity contribution in [2.75, 3.05) is 24.2 Å². The molecule has 24 heavy (non-hydrogen) atoms. The highest BCUT2D eigenvalue weighted by Gasteiger charge is 2.24. The van der Waals surface area contributed by atoms with Gasteiger partial charge in [-0.15, -0.1) is 11.8 Å². The summed E-state index contributed by atoms with van der Waals surface area (Å²) in [5.74, 6) is 0.322. The van der Waals surface area contributed by atoms with Crippen LogP contribution < -0.4 is 5.32 Å². The molecule has 0 atom stereocenters. The van der Waals surface area contributed by atoms with Crippen molar-refractivity contribution in [2.45, 2.75) is 49.7 Å². The van der Waals surface area contributed by atoms with Gasteiger partial charge in [0.25, 0.3) is 0 Å². The highest BCUT2D eigenvalue weighted by atomic mass is 32.2. The zero-order chi connectivity index (χ0) is 17.6. The number of amides is 1. The molecule has 1 aromatic rings. The van der Waals surface area contributed by atoms with Crippen LogP contribution in [0.15, 0.2) is 29.2 Å². The maximum atomic E-state index is 12.7. The van der Waals surface area contributed by atoms with Crippen molar-refractivity contribution >= 4 is 33.4 Å². The van der Waals surface area contributed by atoms with E-state index in [2.05, 4.69) is 5.32 Å². The van der Waals surface area contributed by atoms with Crippen LogP contribution in [-0.2, 0) is 14.8 Å². The lowest BCUT2D eigenvalue weighted by molar-refractivity contribution is -0.113. The monoisotopic (exact) mass is 370 g/mol. The van der Waals surface area contributed by atoms with Gasteiger partial charge in [0.1, 0.15) is 0 Å². The molecule has 1 fully saturated rings. The fraction of sp³-hybridized carbons (Fsp3) is 0.588. The second-order valence-electron chi connectivity index (χ2n) is 6.25. The van der Waals surface area contributed by atoms with Crippen LogP contribution in [0.5, 0.6) is 0 Å². The zero-order valence-corrected chi connectivity index (χ0v) is 16.0. The van der Waals surface area contributed by atoms with Gasteiger partial charge in [-0.3, -0.25) is 4.79 Å². The van der Waals surface area contributed by atoms with Crippen LogP contribution in [0.25, 0.3) is 0 Å². The van der Waals surface area contributed by atoms with Crippen LogP contribution in [0.1, 0.15) is 39.5 Å². The molecule has 134 valence electrons. The maximum Gasteiger partial charge on any atom is 0.243 e. The summed E-state index contributed by atoms with van der Waals surface area (Å²) in [5, 5.41) is 3.20. The summed E-state index contributed by atoms with van der Waals surface area (Å²) in [6.45, 7) is 5.27. The third kappa shape index (κ3) is 5.50. The molecule has 1 amide bonds. The van der Waals surface area contributed by atoms with Crippen LogP contribution in [0, 0.1) is 0 Å². The van der Waals surface area contributed by atoms with Crippen molar-refractivity contribution < 1.29 is 13.2 Å². The Morgan fingerprint density at radius 2 is 1.71 bits per heavy atom. The van der Waals surface area contributed by atoms with Gasteiger partial charge in [-0.2, -0.15) is 4.31 Å². The minimum Gasteiger partial charge on any atom is -0.325 e. The van der Waals surface area contributed by atoms with Crippen LogP contribution >= 0.6 is 11.8 Å². The smallest absolute Gasteiger partial charge is 0.243 e. The molecule has 7 heteroatoms. The summed E-state index contributed by atoms with van der Waals surface area (Å²) in [7, 11) is -3.44. The summed E-state index contributed by atoms with van der Waals surface area (Å²) in [6.07, 6.45) is 4.01. The van der Waals surface area contributed by atoms with E-state index in [-0.39, 0.29) is 5.91 Å². The molecule has 0 spiro atoms. The van der Waals surface area contributed by atoms with E-state index in [1.165, 1.54) is 0 Å². The number of hydrogen-bond acceptors (Lipinski definition) is 4. The molecule has 0 unspecified atom stereocenters. The van der Waals surface area contributed by atoms with E-state index in [1.54, 1.807) is 40.3 Å². The first-order chi connectivity index (χ1) is 11.4. The molecule has 1 aliphatic rings. The largest absolute Gasteiger partial charge is 0.325 e. The van der Waals surface area contributed by atoms with Gasteiger partial charge >= 0.3 is 0 Å². The van der Waals surface area contributed by atoms with E-state index in [4.69, 9.17) is 0 Å². The van der Waals surface area contributed by atoms with E-state index in [0.717, 1.165) is 25.7 Å². The molecule has 0 aromatic heterocycles. The fourth-order valence-electron chi connectivity index (χ4n) is 2.58. The van der Waals surface area contributed by atoms with E-state index in [0.29, 0.717) is 34.7 Å². The molecule has 0 radical (unpaired) electrons. The van der Waals surface area contributed by atoms with Crippen LogP contribution in [0.2, 0.25) is 0 Å². The summed E-state index contributed by atoms with van der Waals surface area (Å²) in [6, 6.07) is 6.46. The quantitative estimate of drug-likeness (QED) is 0.834. The predicted octanol–water partition coefficient (Wildman–Crippen LogP) is 3.33. The van der Waals surface area contributed by atoms with Gasteiger partial charge in [-0.1, -0.05) is 26.7 Å². The molecule has 2 rings (SSSR count). The van der Waals surface area contributed by atoms with Gasteiger partial charge in [-0.25, -0.2) is 8.42 Å². The van der Waals surface area contributed by atoms with Crippen molar-refractivity contribution in [3.8, 4) is 0 Å². The zero-order valence-electron chi connectivity index (χ0n) is 14.3. The second-order valence-corrected chi connectivity index (χ2v) is 9.75. The van der Waals surface area contributed by atoms with Crippen molar-refractivity contribution in [1.29, 1.82) is 0 Å². The molecule has 5 nitrogen and oxygen atoms in total. The Hall–Kier alpha value is -1.05. The minimum atomic E-state index is -3.44. The number of benzene rings is 1. The number of sulfonamides is 1. The van der Waals surface area contributed by atoms with Crippen molar-refractivity contribution in [1.82, 2.24) is 4.31 Å². The molecule has 1 aliphatic heterocycles. The molecule has 1 saturated heterocycles. The van der Waals surface area contributed by atoms with E-state index >= 15 is 0 Å². The molecule has 0 bridgehead atoms. The first-order valence-corrected chi connectivity index (χ1v) is 10.9. The number of nitrogens with one attached hydrogen (secondary N) is 1. The number of carbonyl (C=O) groups excluding carboxylic acids is 1. The lowest BCUT2D eigenvalue weighted by Gasteiger charge is -2.20. The number of nitrogens with zero attached hydrogens (tertiary/aromatic N) is 1. The lowest BCUT2D eigenvalue weighted by Crippen LogP contribution is -2.31. The highest BCUT2D eigenvalue weighted by Crippen LogP contribution is 2.22. The minimum absolute atomic E-state index is 0.0724. The Bertz CT molecular complexity index is 634. The van der Waals surface area contributed by atoms with Gasteiger partial charge in [0, 0.05) is 18.8 Å². The number of rotatable bonds is 6. The number of hydrogen-bond donors (Lipinski definition) is 1. The van der Waals surface area contributed by atoms with Crippen LogP contribution in [0.3, 0.4) is 0 Å². The van der Waals surface area contributed by atoms with E-state index in [9.17, 15) is 13.2 Å². The number of thioether (sulfide) groups is 1. The molecule has 0 saturated carbocycles. The Balaban J connectivity index is 2.01. The predicted molar refractivity (Wildman–Crippen MR) is 99.9 cm³/mol. The van der Waals surface area contributed by atoms with Gasteiger partial charge in [-0.05, 0) is 42.4 Å². The molecule has 1 aromatic carbocycles. The first-order valence-electron chi connectivity index (χ1n) is 8.41. The normalized spacial score (nSPS) is 16.8. The average molecular weight is 371 g/mol. The fourth-order valence-corrected chi connectivity index (χ4v) is 4.65. The Kier molecular flexibility index (Phi) is 7.13. The topological polar surface area (TPSA) is 66.5 Å². The summed E-state index contributed by atoms with van der Waals surface area (Å²) >= 11 is 1.57. The summed E-state index contributed by atoms with van der Waals surface area (Å²) in [4.78, 5) is 12.1. The van der Waals surface area contributed by atoms with Gasteiger partial charge < -0.3 is 5.32 Å². The van der Waals surface area contributed by atoms with Gasteiger partial charge in [0.2, 0.25) is 15.9 Å². The number of carbonyl (C=O) groups is 1. The second kappa shape index (κ2) is 8.87. The molecular weight excluding hydrogens is 344 g/mol.